The second-order valence-electron chi connectivity index (χ2n) is 5.86. The zero-order valence-electron chi connectivity index (χ0n) is 14.2. The van der Waals surface area contributed by atoms with Gasteiger partial charge in [0.15, 0.2) is 0 Å². The van der Waals surface area contributed by atoms with Crippen LogP contribution in [0.2, 0.25) is 5.02 Å². The molecular weight excluding hydrogens is 413 g/mol. The van der Waals surface area contributed by atoms with Crippen molar-refractivity contribution in [2.24, 2.45) is 0 Å². The van der Waals surface area contributed by atoms with E-state index in [1.807, 2.05) is 6.92 Å². The number of anilines is 1. The first-order valence-electron chi connectivity index (χ1n) is 8.04. The average Bonchev–Trinajstić information content (AvgIpc) is 3.08. The fourth-order valence-electron chi connectivity index (χ4n) is 2.42. The molecule has 4 N–H and O–H groups in total. The number of aromatic nitrogens is 1. The molecule has 0 saturated carbocycles. The van der Waals surface area contributed by atoms with E-state index in [0.717, 1.165) is 22.0 Å². The highest BCUT2D eigenvalue weighted by atomic mass is 35.5. The summed E-state index contributed by atoms with van der Waals surface area (Å²) in [5, 5.41) is 6.37. The monoisotopic (exact) mass is 429 g/mol. The van der Waals surface area contributed by atoms with Gasteiger partial charge in [0.05, 0.1) is 28.7 Å². The highest BCUT2D eigenvalue weighted by molar-refractivity contribution is 7.95. The largest absolute Gasteiger partial charge is 0.350 e. The molecule has 27 heavy (non-hydrogen) atoms. The third-order valence-corrected chi connectivity index (χ3v) is 5.81. The van der Waals surface area contributed by atoms with Crippen LogP contribution in [0.1, 0.15) is 16.3 Å². The lowest BCUT2D eigenvalue weighted by atomic mass is 10.1. The van der Waals surface area contributed by atoms with Crippen LogP contribution in [0.15, 0.2) is 24.4 Å². The number of halogens is 2. The van der Waals surface area contributed by atoms with Crippen LogP contribution in [0.25, 0.3) is 0 Å². The second kappa shape index (κ2) is 8.98. The van der Waals surface area contributed by atoms with Crippen LogP contribution >= 0.6 is 35.1 Å². The van der Waals surface area contributed by atoms with Gasteiger partial charge in [0, 0.05) is 28.9 Å². The van der Waals surface area contributed by atoms with Gasteiger partial charge < -0.3 is 10.6 Å². The highest BCUT2D eigenvalue weighted by Gasteiger charge is 2.31. The smallest absolute Gasteiger partial charge is 0.242 e. The fourth-order valence-corrected chi connectivity index (χ4v) is 4.09. The first kappa shape index (κ1) is 20.0. The normalized spacial score (nSPS) is 19.5. The number of nitrogens with zero attached hydrogens (tertiary/aromatic N) is 1. The Kier molecular flexibility index (Phi) is 6.66. The Hall–Kier alpha value is -1.72. The number of carbonyl (C=O) groups excluding carboxylic acids is 2. The number of amides is 2. The number of nitrogens with one attached hydrogen (secondary N) is 4. The zero-order valence-corrected chi connectivity index (χ0v) is 16.6. The van der Waals surface area contributed by atoms with Crippen molar-refractivity contribution in [3.05, 3.63) is 45.1 Å². The lowest BCUT2D eigenvalue weighted by Crippen LogP contribution is -2.53. The molecule has 1 saturated heterocycles. The van der Waals surface area contributed by atoms with Gasteiger partial charge in [-0.2, -0.15) is 0 Å². The molecule has 0 spiro atoms. The van der Waals surface area contributed by atoms with Crippen molar-refractivity contribution >= 4 is 52.6 Å². The van der Waals surface area contributed by atoms with Crippen LogP contribution in [0, 0.1) is 12.7 Å². The van der Waals surface area contributed by atoms with E-state index in [0.29, 0.717) is 12.2 Å². The molecule has 1 aromatic carbocycles. The van der Waals surface area contributed by atoms with Gasteiger partial charge in [0.2, 0.25) is 11.8 Å². The summed E-state index contributed by atoms with van der Waals surface area (Å²) in [6.07, 6.45) is 2.00. The molecule has 7 nitrogen and oxygen atoms in total. The van der Waals surface area contributed by atoms with Gasteiger partial charge in [-0.15, -0.1) is 11.3 Å². The Labute approximate surface area is 168 Å². The molecule has 2 amide bonds. The Balaban J connectivity index is 1.53. The summed E-state index contributed by atoms with van der Waals surface area (Å²) in [5.74, 6) is -1.08. The van der Waals surface area contributed by atoms with Crippen LogP contribution in [-0.2, 0) is 16.1 Å². The number of benzene rings is 1. The lowest BCUT2D eigenvalue weighted by molar-refractivity contribution is -0.123. The highest BCUT2D eigenvalue weighted by Crippen LogP contribution is 2.20. The first-order valence-corrected chi connectivity index (χ1v) is 10.1. The van der Waals surface area contributed by atoms with Gasteiger partial charge in [-0.05, 0) is 31.5 Å². The second-order valence-corrected chi connectivity index (χ2v) is 8.26. The molecule has 1 aliphatic heterocycles. The summed E-state index contributed by atoms with van der Waals surface area (Å²) in [4.78, 5) is 29.9. The maximum Gasteiger partial charge on any atom is 0.242 e. The molecular formula is C16H17ClFN5O2S2. The lowest BCUT2D eigenvalue weighted by Gasteiger charge is -2.28. The molecule has 2 atom stereocenters. The van der Waals surface area contributed by atoms with Gasteiger partial charge in [-0.1, -0.05) is 11.6 Å². The van der Waals surface area contributed by atoms with E-state index < -0.39 is 17.9 Å². The molecule has 0 radical (unpaired) electrons. The van der Waals surface area contributed by atoms with E-state index in [4.69, 9.17) is 11.6 Å². The Morgan fingerprint density at radius 2 is 2.07 bits per heavy atom. The standard InChI is InChI=1S/C16H17ClFN5O2S2/c1-8-19-6-10(26-8)7-20-15(24)13-5-14(23-27-22-13)16(25)21-9-2-3-12(18)11(17)4-9/h2-4,6,13-14,22-23H,5,7H2,1H3,(H,20,24)(H,21,25). The summed E-state index contributed by atoms with van der Waals surface area (Å²) in [6.45, 7) is 2.30. The number of thiazole rings is 1. The average molecular weight is 430 g/mol. The van der Waals surface area contributed by atoms with Crippen LogP contribution in [0.3, 0.4) is 0 Å². The van der Waals surface area contributed by atoms with E-state index in [-0.39, 0.29) is 23.3 Å². The Morgan fingerprint density at radius 3 is 2.74 bits per heavy atom. The Bertz CT molecular complexity index is 850. The van der Waals surface area contributed by atoms with Crippen molar-refractivity contribution in [3.63, 3.8) is 0 Å². The third-order valence-electron chi connectivity index (χ3n) is 3.80. The molecule has 1 fully saturated rings. The maximum atomic E-state index is 13.2. The van der Waals surface area contributed by atoms with Crippen molar-refractivity contribution in [3.8, 4) is 0 Å². The number of rotatable bonds is 5. The summed E-state index contributed by atoms with van der Waals surface area (Å²) in [5.41, 5.74) is 0.387. The van der Waals surface area contributed by atoms with Gasteiger partial charge in [0.25, 0.3) is 0 Å². The molecule has 2 aromatic rings. The molecule has 0 bridgehead atoms. The van der Waals surface area contributed by atoms with E-state index in [2.05, 4.69) is 25.1 Å². The molecule has 11 heteroatoms. The van der Waals surface area contributed by atoms with Crippen molar-refractivity contribution < 1.29 is 14.0 Å². The zero-order chi connectivity index (χ0) is 19.4. The predicted octanol–water partition coefficient (Wildman–Crippen LogP) is 2.38. The molecule has 1 aliphatic rings. The van der Waals surface area contributed by atoms with Crippen molar-refractivity contribution in [2.45, 2.75) is 32.0 Å². The summed E-state index contributed by atoms with van der Waals surface area (Å²) in [6, 6.07) is 2.82. The molecule has 144 valence electrons. The molecule has 3 rings (SSSR count). The minimum absolute atomic E-state index is 0.0731. The first-order chi connectivity index (χ1) is 12.9. The van der Waals surface area contributed by atoms with E-state index in [1.165, 1.54) is 29.5 Å². The topological polar surface area (TPSA) is 95.2 Å². The van der Waals surface area contributed by atoms with E-state index in [1.54, 1.807) is 6.20 Å². The molecule has 2 heterocycles. The summed E-state index contributed by atoms with van der Waals surface area (Å²) >= 11 is 8.33. The van der Waals surface area contributed by atoms with E-state index >= 15 is 0 Å². The Morgan fingerprint density at radius 1 is 1.33 bits per heavy atom. The van der Waals surface area contributed by atoms with E-state index in [9.17, 15) is 14.0 Å². The van der Waals surface area contributed by atoms with Crippen LogP contribution in [-0.4, -0.2) is 28.9 Å². The summed E-state index contributed by atoms with van der Waals surface area (Å²) in [7, 11) is 0. The van der Waals surface area contributed by atoms with Crippen molar-refractivity contribution in [2.75, 3.05) is 5.32 Å². The van der Waals surface area contributed by atoms with Crippen LogP contribution in [0.5, 0.6) is 0 Å². The quantitative estimate of drug-likeness (QED) is 0.545. The van der Waals surface area contributed by atoms with Crippen molar-refractivity contribution in [1.29, 1.82) is 0 Å². The maximum absolute atomic E-state index is 13.2. The minimum Gasteiger partial charge on any atom is -0.350 e. The SMILES string of the molecule is Cc1ncc(CNC(=O)C2CC(C(=O)Nc3ccc(F)c(Cl)c3)NSN2)s1. The predicted molar refractivity (Wildman–Crippen MR) is 105 cm³/mol. The minimum atomic E-state index is -0.596. The van der Waals surface area contributed by atoms with Crippen LogP contribution < -0.4 is 20.1 Å². The van der Waals surface area contributed by atoms with Gasteiger partial charge >= 0.3 is 0 Å². The molecule has 2 unspecified atom stereocenters. The van der Waals surface area contributed by atoms with Gasteiger partial charge in [-0.25, -0.2) is 18.8 Å². The number of hydrogen-bond acceptors (Lipinski definition) is 7. The summed E-state index contributed by atoms with van der Waals surface area (Å²) < 4.78 is 19.1. The fraction of sp³-hybridized carbons (Fsp3) is 0.312. The number of aryl methyl sites for hydroxylation is 1. The van der Waals surface area contributed by atoms with Gasteiger partial charge in [-0.3, -0.25) is 9.59 Å². The molecule has 0 aliphatic carbocycles. The van der Waals surface area contributed by atoms with Crippen molar-refractivity contribution in [1.82, 2.24) is 19.7 Å². The number of hydrogen-bond donors (Lipinski definition) is 4. The van der Waals surface area contributed by atoms with Crippen LogP contribution in [0.4, 0.5) is 10.1 Å². The third kappa shape index (κ3) is 5.39. The number of carbonyl (C=O) groups is 2. The van der Waals surface area contributed by atoms with Gasteiger partial charge in [0.1, 0.15) is 5.82 Å². The molecule has 1 aromatic heterocycles.